The molecule has 7 heteroatoms. The van der Waals surface area contributed by atoms with Crippen LogP contribution in [0.25, 0.3) is 10.9 Å². The van der Waals surface area contributed by atoms with Gasteiger partial charge in [-0.25, -0.2) is 9.97 Å². The maximum Gasteiger partial charge on any atom is 0.275 e. The van der Waals surface area contributed by atoms with Crippen LogP contribution in [0.4, 0.5) is 11.5 Å². The number of benzene rings is 2. The number of nitrogens with one attached hydrogen (secondary N) is 1. The molecule has 30 heavy (non-hydrogen) atoms. The number of pyridine rings is 2. The van der Waals surface area contributed by atoms with E-state index < -0.39 is 11.0 Å². The maximum atomic E-state index is 11.7. The van der Waals surface area contributed by atoms with Crippen molar-refractivity contribution in [2.45, 2.75) is 19.9 Å². The Morgan fingerprint density at radius 3 is 2.40 bits per heavy atom. The molecular formula is C23H20N4O3. The normalized spacial score (nSPS) is 11.9. The van der Waals surface area contributed by atoms with Gasteiger partial charge in [0.05, 0.1) is 16.5 Å². The summed E-state index contributed by atoms with van der Waals surface area (Å²) in [4.78, 5) is 20.2. The fraction of sp³-hybridized carbons (Fsp3) is 0.130. The molecule has 4 rings (SSSR count). The van der Waals surface area contributed by atoms with E-state index in [9.17, 15) is 15.2 Å². The largest absolute Gasteiger partial charge is 0.505 e. The van der Waals surface area contributed by atoms with E-state index >= 15 is 0 Å². The number of aromatic hydroxyl groups is 1. The summed E-state index contributed by atoms with van der Waals surface area (Å²) in [5, 5.41) is 26.8. The van der Waals surface area contributed by atoms with E-state index in [2.05, 4.69) is 15.3 Å². The number of hydrogen-bond donors (Lipinski definition) is 2. The summed E-state index contributed by atoms with van der Waals surface area (Å²) < 4.78 is 0. The molecule has 0 radical (unpaired) electrons. The zero-order valence-electron chi connectivity index (χ0n) is 16.5. The quantitative estimate of drug-likeness (QED) is 0.359. The molecule has 0 aliphatic rings. The number of aryl methyl sites for hydroxylation is 2. The first kappa shape index (κ1) is 19.3. The third-order valence-corrected chi connectivity index (χ3v) is 4.94. The Hall–Kier alpha value is -4.00. The Kier molecular flexibility index (Phi) is 5.02. The monoisotopic (exact) mass is 400 g/mol. The zero-order chi connectivity index (χ0) is 21.3. The molecule has 0 aliphatic heterocycles. The second kappa shape index (κ2) is 7.79. The summed E-state index contributed by atoms with van der Waals surface area (Å²) in [5.74, 6) is 0.536. The van der Waals surface area contributed by atoms with Gasteiger partial charge < -0.3 is 10.4 Å². The molecule has 7 nitrogen and oxygen atoms in total. The first-order chi connectivity index (χ1) is 14.4. The van der Waals surface area contributed by atoms with Crippen LogP contribution in [-0.4, -0.2) is 20.0 Å². The smallest absolute Gasteiger partial charge is 0.275 e. The van der Waals surface area contributed by atoms with Crippen LogP contribution in [0.3, 0.4) is 0 Å². The van der Waals surface area contributed by atoms with Gasteiger partial charge in [-0.15, -0.1) is 0 Å². The van der Waals surface area contributed by atoms with Crippen molar-refractivity contribution in [2.75, 3.05) is 5.32 Å². The molecule has 0 aliphatic carbocycles. The molecule has 2 aromatic carbocycles. The van der Waals surface area contributed by atoms with Gasteiger partial charge in [0.2, 0.25) is 0 Å². The lowest BCUT2D eigenvalue weighted by Gasteiger charge is -2.22. The van der Waals surface area contributed by atoms with E-state index in [1.807, 2.05) is 44.2 Å². The number of phenolic OH excluding ortho intramolecular Hbond substituents is 1. The SMILES string of the molecule is Cc1cccc(NC(c2ccccc2[N+](=O)[O-])c2ccc3ccc(C)nc3c2O)n1. The van der Waals surface area contributed by atoms with E-state index in [0.717, 1.165) is 16.8 Å². The molecule has 4 aromatic rings. The van der Waals surface area contributed by atoms with Crippen LogP contribution in [0.15, 0.2) is 66.7 Å². The molecule has 1 unspecified atom stereocenters. The van der Waals surface area contributed by atoms with Crippen molar-refractivity contribution in [3.63, 3.8) is 0 Å². The third-order valence-electron chi connectivity index (χ3n) is 4.94. The Morgan fingerprint density at radius 2 is 1.63 bits per heavy atom. The van der Waals surface area contributed by atoms with Crippen molar-refractivity contribution in [1.82, 2.24) is 9.97 Å². The van der Waals surface area contributed by atoms with E-state index in [1.165, 1.54) is 6.07 Å². The summed E-state index contributed by atoms with van der Waals surface area (Å²) >= 11 is 0. The van der Waals surface area contributed by atoms with Gasteiger partial charge in [-0.3, -0.25) is 10.1 Å². The Morgan fingerprint density at radius 1 is 0.900 bits per heavy atom. The topological polar surface area (TPSA) is 101 Å². The Balaban J connectivity index is 1.93. The van der Waals surface area contributed by atoms with E-state index in [1.54, 1.807) is 30.3 Å². The minimum atomic E-state index is -0.701. The molecule has 0 bridgehead atoms. The van der Waals surface area contributed by atoms with E-state index in [4.69, 9.17) is 0 Å². The van der Waals surface area contributed by atoms with Crippen molar-refractivity contribution < 1.29 is 10.0 Å². The molecule has 150 valence electrons. The third kappa shape index (κ3) is 3.65. The first-order valence-corrected chi connectivity index (χ1v) is 9.47. The number of nitro groups is 1. The molecule has 2 N–H and O–H groups in total. The fourth-order valence-corrected chi connectivity index (χ4v) is 3.51. The van der Waals surface area contributed by atoms with Crippen molar-refractivity contribution >= 4 is 22.4 Å². The lowest BCUT2D eigenvalue weighted by atomic mass is 9.95. The number of aromatic nitrogens is 2. The molecule has 1 atom stereocenters. The molecule has 2 aromatic heterocycles. The first-order valence-electron chi connectivity index (χ1n) is 9.47. The van der Waals surface area contributed by atoms with Crippen LogP contribution in [0.2, 0.25) is 0 Å². The van der Waals surface area contributed by atoms with E-state index in [0.29, 0.717) is 22.5 Å². The van der Waals surface area contributed by atoms with Gasteiger partial charge in [-0.05, 0) is 38.1 Å². The van der Waals surface area contributed by atoms with Crippen molar-refractivity contribution in [2.24, 2.45) is 0 Å². The Bertz CT molecular complexity index is 1260. The lowest BCUT2D eigenvalue weighted by molar-refractivity contribution is -0.385. The van der Waals surface area contributed by atoms with Crippen LogP contribution < -0.4 is 5.32 Å². The molecule has 0 spiro atoms. The highest BCUT2D eigenvalue weighted by Crippen LogP contribution is 2.39. The van der Waals surface area contributed by atoms with Crippen molar-refractivity contribution in [3.8, 4) is 5.75 Å². The van der Waals surface area contributed by atoms with Crippen molar-refractivity contribution in [3.05, 3.63) is 99.4 Å². The Labute approximate surface area is 173 Å². The second-order valence-electron chi connectivity index (χ2n) is 7.09. The van der Waals surface area contributed by atoms with Crippen LogP contribution in [0.5, 0.6) is 5.75 Å². The predicted molar refractivity (Wildman–Crippen MR) is 116 cm³/mol. The number of para-hydroxylation sites is 1. The van der Waals surface area contributed by atoms with Gasteiger partial charge in [-0.1, -0.05) is 36.4 Å². The summed E-state index contributed by atoms with van der Waals surface area (Å²) in [6.45, 7) is 3.71. The number of nitrogens with zero attached hydrogens (tertiary/aromatic N) is 3. The molecule has 0 amide bonds. The lowest BCUT2D eigenvalue weighted by Crippen LogP contribution is -2.15. The second-order valence-corrected chi connectivity index (χ2v) is 7.09. The number of fused-ring (bicyclic) bond motifs is 1. The van der Waals surface area contributed by atoms with Gasteiger partial charge in [0.1, 0.15) is 17.1 Å². The number of hydrogen-bond acceptors (Lipinski definition) is 6. The van der Waals surface area contributed by atoms with Crippen LogP contribution in [0, 0.1) is 24.0 Å². The molecule has 0 saturated heterocycles. The fourth-order valence-electron chi connectivity index (χ4n) is 3.51. The van der Waals surface area contributed by atoms with Gasteiger partial charge in [0, 0.05) is 28.4 Å². The van der Waals surface area contributed by atoms with Gasteiger partial charge >= 0.3 is 0 Å². The standard InChI is InChI=1S/C23H20N4O3/c1-14-6-5-9-20(24-14)26-22(17-7-3-4-8-19(17)27(29)30)18-13-12-16-11-10-15(2)25-21(16)23(18)28/h3-13,22,28H,1-2H3,(H,24,26). The van der Waals surface area contributed by atoms with Gasteiger partial charge in [0.15, 0.2) is 0 Å². The van der Waals surface area contributed by atoms with Crippen LogP contribution in [-0.2, 0) is 0 Å². The average Bonchev–Trinajstić information content (AvgIpc) is 2.73. The minimum Gasteiger partial charge on any atom is -0.505 e. The highest BCUT2D eigenvalue weighted by atomic mass is 16.6. The number of rotatable bonds is 5. The summed E-state index contributed by atoms with van der Waals surface area (Å²) in [6, 6.07) is 18.7. The number of nitro benzene ring substituents is 1. The molecule has 0 saturated carbocycles. The van der Waals surface area contributed by atoms with Gasteiger partial charge in [-0.2, -0.15) is 0 Å². The van der Waals surface area contributed by atoms with Crippen molar-refractivity contribution in [1.29, 1.82) is 0 Å². The van der Waals surface area contributed by atoms with Crippen LogP contribution in [0.1, 0.15) is 28.6 Å². The van der Waals surface area contributed by atoms with Gasteiger partial charge in [0.25, 0.3) is 5.69 Å². The molecule has 2 heterocycles. The highest BCUT2D eigenvalue weighted by molar-refractivity contribution is 5.86. The zero-order valence-corrected chi connectivity index (χ0v) is 16.5. The van der Waals surface area contributed by atoms with Crippen LogP contribution >= 0.6 is 0 Å². The minimum absolute atomic E-state index is 0.0143. The molecule has 0 fully saturated rings. The highest BCUT2D eigenvalue weighted by Gasteiger charge is 2.27. The predicted octanol–water partition coefficient (Wildman–Crippen LogP) is 5.06. The number of anilines is 1. The average molecular weight is 400 g/mol. The molecular weight excluding hydrogens is 380 g/mol. The number of phenols is 1. The summed E-state index contributed by atoms with van der Waals surface area (Å²) in [5.41, 5.74) is 2.90. The summed E-state index contributed by atoms with van der Waals surface area (Å²) in [7, 11) is 0. The maximum absolute atomic E-state index is 11.7. The van der Waals surface area contributed by atoms with E-state index in [-0.39, 0.29) is 11.4 Å². The summed E-state index contributed by atoms with van der Waals surface area (Å²) in [6.07, 6.45) is 0.